The number of nitrogens with one attached hydrogen (secondary N) is 1. The molecule has 0 amide bonds. The fourth-order valence-corrected chi connectivity index (χ4v) is 1.53. The Morgan fingerprint density at radius 1 is 1.40 bits per heavy atom. The third-order valence-corrected chi connectivity index (χ3v) is 2.59. The topological polar surface area (TPSA) is 55.6 Å². The van der Waals surface area contributed by atoms with Crippen molar-refractivity contribution in [2.24, 2.45) is 12.5 Å². The van der Waals surface area contributed by atoms with E-state index in [2.05, 4.69) is 48.5 Å². The molecule has 1 unspecified atom stereocenters. The second kappa shape index (κ2) is 4.70. The van der Waals surface area contributed by atoms with Crippen LogP contribution in [0.15, 0.2) is 0 Å². The van der Waals surface area contributed by atoms with Crippen LogP contribution in [0.25, 0.3) is 0 Å². The van der Waals surface area contributed by atoms with Gasteiger partial charge in [-0.2, -0.15) is 0 Å². The van der Waals surface area contributed by atoms with Gasteiger partial charge in [0.1, 0.15) is 0 Å². The van der Waals surface area contributed by atoms with Crippen molar-refractivity contribution in [2.45, 2.75) is 40.2 Å². The molecule has 86 valence electrons. The molecule has 0 aromatic carbocycles. The van der Waals surface area contributed by atoms with Crippen LogP contribution >= 0.6 is 0 Å². The number of tetrazole rings is 1. The third kappa shape index (κ3) is 3.27. The summed E-state index contributed by atoms with van der Waals surface area (Å²) in [6, 6.07) is 0.396. The van der Waals surface area contributed by atoms with Crippen molar-refractivity contribution >= 4 is 0 Å². The summed E-state index contributed by atoms with van der Waals surface area (Å²) >= 11 is 0. The molecule has 5 nitrogen and oxygen atoms in total. The van der Waals surface area contributed by atoms with Gasteiger partial charge in [0.05, 0.1) is 0 Å². The van der Waals surface area contributed by atoms with Gasteiger partial charge in [-0.05, 0) is 22.4 Å². The molecule has 0 saturated carbocycles. The molecule has 1 N–H and O–H groups in total. The van der Waals surface area contributed by atoms with Gasteiger partial charge in [-0.1, -0.05) is 27.7 Å². The Kier molecular flexibility index (Phi) is 3.79. The number of nitrogens with zero attached hydrogens (tertiary/aromatic N) is 4. The number of hydrogen-bond acceptors (Lipinski definition) is 4. The molecular formula is C10H21N5. The van der Waals surface area contributed by atoms with Crippen LogP contribution in [0.5, 0.6) is 0 Å². The van der Waals surface area contributed by atoms with E-state index >= 15 is 0 Å². The minimum Gasteiger partial charge on any atom is -0.313 e. The SMILES string of the molecule is CCNC(Cc1nnnn1C)C(C)(C)C. The second-order valence-electron chi connectivity index (χ2n) is 4.90. The highest BCUT2D eigenvalue weighted by Crippen LogP contribution is 2.21. The summed E-state index contributed by atoms with van der Waals surface area (Å²) in [5.41, 5.74) is 0.210. The van der Waals surface area contributed by atoms with E-state index in [4.69, 9.17) is 0 Å². The summed E-state index contributed by atoms with van der Waals surface area (Å²) in [5.74, 6) is 0.927. The van der Waals surface area contributed by atoms with Crippen LogP contribution in [-0.2, 0) is 13.5 Å². The summed E-state index contributed by atoms with van der Waals surface area (Å²) in [4.78, 5) is 0. The van der Waals surface area contributed by atoms with Crippen LogP contribution in [0.1, 0.15) is 33.5 Å². The Balaban J connectivity index is 2.71. The summed E-state index contributed by atoms with van der Waals surface area (Å²) < 4.78 is 1.73. The van der Waals surface area contributed by atoms with Gasteiger partial charge in [0.25, 0.3) is 0 Å². The lowest BCUT2D eigenvalue weighted by molar-refractivity contribution is 0.265. The van der Waals surface area contributed by atoms with E-state index in [1.165, 1.54) is 0 Å². The quantitative estimate of drug-likeness (QED) is 0.799. The normalized spacial score (nSPS) is 14.2. The van der Waals surface area contributed by atoms with Crippen molar-refractivity contribution in [3.63, 3.8) is 0 Å². The van der Waals surface area contributed by atoms with Crippen LogP contribution in [-0.4, -0.2) is 32.8 Å². The van der Waals surface area contributed by atoms with Crippen LogP contribution in [0.4, 0.5) is 0 Å². The van der Waals surface area contributed by atoms with Crippen molar-refractivity contribution in [3.8, 4) is 0 Å². The second-order valence-corrected chi connectivity index (χ2v) is 4.90. The van der Waals surface area contributed by atoms with E-state index < -0.39 is 0 Å². The van der Waals surface area contributed by atoms with E-state index in [9.17, 15) is 0 Å². The summed E-state index contributed by atoms with van der Waals surface area (Å²) in [5, 5.41) is 15.0. The molecule has 1 heterocycles. The van der Waals surface area contributed by atoms with Gasteiger partial charge in [0.2, 0.25) is 0 Å². The Morgan fingerprint density at radius 2 is 2.07 bits per heavy atom. The summed E-state index contributed by atoms with van der Waals surface area (Å²) in [6.07, 6.45) is 0.862. The smallest absolute Gasteiger partial charge is 0.152 e. The molecule has 1 aromatic heterocycles. The van der Waals surface area contributed by atoms with E-state index in [-0.39, 0.29) is 5.41 Å². The molecule has 1 rings (SSSR count). The molecule has 0 spiro atoms. The molecular weight excluding hydrogens is 190 g/mol. The first-order valence-corrected chi connectivity index (χ1v) is 5.39. The first kappa shape index (κ1) is 12.1. The molecule has 0 saturated heterocycles. The third-order valence-electron chi connectivity index (χ3n) is 2.59. The number of hydrogen-bond donors (Lipinski definition) is 1. The highest BCUT2D eigenvalue weighted by atomic mass is 15.5. The average molecular weight is 211 g/mol. The fourth-order valence-electron chi connectivity index (χ4n) is 1.53. The van der Waals surface area contributed by atoms with Crippen molar-refractivity contribution in [3.05, 3.63) is 5.82 Å². The van der Waals surface area contributed by atoms with E-state index in [1.54, 1.807) is 4.68 Å². The van der Waals surface area contributed by atoms with E-state index in [0.717, 1.165) is 18.8 Å². The lowest BCUT2D eigenvalue weighted by atomic mass is 9.84. The number of aryl methyl sites for hydroxylation is 1. The summed E-state index contributed by atoms with van der Waals surface area (Å²) in [7, 11) is 1.88. The number of aromatic nitrogens is 4. The van der Waals surface area contributed by atoms with Crippen LogP contribution in [0.3, 0.4) is 0 Å². The molecule has 5 heteroatoms. The van der Waals surface area contributed by atoms with Gasteiger partial charge in [-0.15, -0.1) is 5.10 Å². The van der Waals surface area contributed by atoms with Gasteiger partial charge in [-0.25, -0.2) is 4.68 Å². The fraction of sp³-hybridized carbons (Fsp3) is 0.900. The molecule has 0 radical (unpaired) electrons. The predicted octanol–water partition coefficient (Wildman–Crippen LogP) is 0.777. The average Bonchev–Trinajstić information content (AvgIpc) is 2.49. The maximum Gasteiger partial charge on any atom is 0.152 e. The molecule has 0 fully saturated rings. The van der Waals surface area contributed by atoms with Crippen LogP contribution < -0.4 is 5.32 Å². The van der Waals surface area contributed by atoms with Crippen LogP contribution in [0.2, 0.25) is 0 Å². The molecule has 0 aliphatic heterocycles. The Hall–Kier alpha value is -0.970. The summed E-state index contributed by atoms with van der Waals surface area (Å²) in [6.45, 7) is 9.76. The molecule has 15 heavy (non-hydrogen) atoms. The Morgan fingerprint density at radius 3 is 2.47 bits per heavy atom. The zero-order chi connectivity index (χ0) is 11.5. The standard InChI is InChI=1S/C10H21N5/c1-6-11-8(10(2,3)4)7-9-12-13-14-15(9)5/h8,11H,6-7H2,1-5H3. The predicted molar refractivity (Wildman–Crippen MR) is 59.4 cm³/mol. The van der Waals surface area contributed by atoms with Gasteiger partial charge in [0, 0.05) is 19.5 Å². The number of rotatable bonds is 4. The Labute approximate surface area is 91.2 Å². The minimum absolute atomic E-state index is 0.210. The van der Waals surface area contributed by atoms with E-state index in [1.807, 2.05) is 7.05 Å². The van der Waals surface area contributed by atoms with Crippen molar-refractivity contribution in [2.75, 3.05) is 6.54 Å². The largest absolute Gasteiger partial charge is 0.313 e. The highest BCUT2D eigenvalue weighted by Gasteiger charge is 2.25. The lowest BCUT2D eigenvalue weighted by Gasteiger charge is -2.30. The van der Waals surface area contributed by atoms with Crippen molar-refractivity contribution in [1.82, 2.24) is 25.5 Å². The van der Waals surface area contributed by atoms with Gasteiger partial charge >= 0.3 is 0 Å². The molecule has 1 aromatic rings. The van der Waals surface area contributed by atoms with E-state index in [0.29, 0.717) is 6.04 Å². The molecule has 1 atom stereocenters. The van der Waals surface area contributed by atoms with Crippen LogP contribution in [0, 0.1) is 5.41 Å². The van der Waals surface area contributed by atoms with Gasteiger partial charge in [0.15, 0.2) is 5.82 Å². The maximum atomic E-state index is 4.01. The zero-order valence-corrected chi connectivity index (χ0v) is 10.3. The lowest BCUT2D eigenvalue weighted by Crippen LogP contribution is -2.42. The molecule has 0 aliphatic carbocycles. The molecule has 0 aliphatic rings. The van der Waals surface area contributed by atoms with Crippen molar-refractivity contribution < 1.29 is 0 Å². The first-order chi connectivity index (χ1) is 6.95. The first-order valence-electron chi connectivity index (χ1n) is 5.39. The monoisotopic (exact) mass is 211 g/mol. The Bertz CT molecular complexity index is 299. The minimum atomic E-state index is 0.210. The van der Waals surface area contributed by atoms with Gasteiger partial charge < -0.3 is 5.32 Å². The highest BCUT2D eigenvalue weighted by molar-refractivity contribution is 4.91. The van der Waals surface area contributed by atoms with Gasteiger partial charge in [-0.3, -0.25) is 0 Å². The van der Waals surface area contributed by atoms with Crippen molar-refractivity contribution in [1.29, 1.82) is 0 Å². The number of likely N-dealkylation sites (N-methyl/N-ethyl adjacent to an activating group) is 1. The maximum absolute atomic E-state index is 4.01. The zero-order valence-electron chi connectivity index (χ0n) is 10.3. The molecule has 0 bridgehead atoms.